The second kappa shape index (κ2) is 73.2. The zero-order valence-corrected chi connectivity index (χ0v) is 73.6. The minimum Gasteiger partial charge on any atom is -0.550 e. The van der Waals surface area contributed by atoms with Crippen molar-refractivity contribution in [2.24, 2.45) is 0 Å². The Balaban J connectivity index is -0.0000000497. The second-order valence-corrected chi connectivity index (χ2v) is 19.3. The van der Waals surface area contributed by atoms with Crippen LogP contribution >= 0.6 is 0 Å². The van der Waals surface area contributed by atoms with Gasteiger partial charge in [0.1, 0.15) is 44.8 Å². The van der Waals surface area contributed by atoms with E-state index < -0.39 is 291 Å². The molecule has 0 unspecified atom stereocenters. The van der Waals surface area contributed by atoms with E-state index in [0.29, 0.717) is 0 Å². The summed E-state index contributed by atoms with van der Waals surface area (Å²) in [4.78, 5) is 240. The Morgan fingerprint density at radius 2 is 0.181 bits per heavy atom. The van der Waals surface area contributed by atoms with Gasteiger partial charge in [-0.25, -0.2) is 0 Å². The van der Waals surface area contributed by atoms with Gasteiger partial charge >= 0.3 is 161 Å². The second-order valence-electron chi connectivity index (χ2n) is 19.3. The van der Waals surface area contributed by atoms with Gasteiger partial charge in [0, 0.05) is 198 Å². The molecule has 0 aliphatic rings. The maximum atomic E-state index is 10.1. The first kappa shape index (κ1) is 160. The van der Waals surface area contributed by atoms with Gasteiger partial charge in [-0.1, -0.05) is 0 Å². The van der Waals surface area contributed by atoms with Crippen LogP contribution in [0.15, 0.2) is 0 Å². The van der Waals surface area contributed by atoms with Crippen molar-refractivity contribution >= 4 is 143 Å². The minimum atomic E-state index is -2.97. The molecule has 20 N–H and O–H groups in total. The fourth-order valence-electron chi connectivity index (χ4n) is 5.48. The summed E-state index contributed by atoms with van der Waals surface area (Å²) in [6.07, 6.45) is -21.7. The molecule has 0 aromatic rings. The van der Waals surface area contributed by atoms with E-state index in [1.807, 2.05) is 0 Å². The Bertz CT molecular complexity index is 2520. The van der Waals surface area contributed by atoms with Crippen molar-refractivity contribution in [1.82, 2.24) is 18.5 Å². The number of quaternary nitrogens is 3. The number of rotatable bonds is 40. The van der Waals surface area contributed by atoms with Gasteiger partial charge in [-0.2, -0.15) is 0 Å². The molecule has 0 fully saturated rings. The van der Waals surface area contributed by atoms with Crippen LogP contribution in [0.5, 0.6) is 0 Å². The Kier molecular flexibility index (Phi) is 101. The predicted octanol–water partition coefficient (Wildman–Crippen LogP) is -40.9. The minimum absolute atomic E-state index is 0. The first-order valence-corrected chi connectivity index (χ1v) is 24.9. The largest absolute Gasteiger partial charge is 3.00 e. The smallest absolute Gasteiger partial charge is 0.550 e. The van der Waals surface area contributed by atoms with Gasteiger partial charge in [0.2, 0.25) is 0 Å². The maximum absolute atomic E-state index is 10.1. The van der Waals surface area contributed by atoms with Crippen molar-refractivity contribution in [3.8, 4) is 0 Å². The van der Waals surface area contributed by atoms with Gasteiger partial charge in [-0.15, -0.1) is 0 Å². The topological polar surface area (TPSA) is 1230 Å². The molecule has 0 aliphatic heterocycles. The molecule has 0 aromatic carbocycles. The van der Waals surface area contributed by atoms with Gasteiger partial charge in [0.15, 0.2) is 0 Å². The van der Waals surface area contributed by atoms with E-state index >= 15 is 0 Å². The molecule has 116 heavy (non-hydrogen) atoms. The molecular formula is C48H52Fe3Mn3N3O56Zn3. The average Bonchev–Trinajstić information content (AvgIpc) is 0.929. The fourth-order valence-corrected chi connectivity index (χ4v) is 5.48. The molecule has 0 aliphatic carbocycles. The van der Waals surface area contributed by atoms with Crippen molar-refractivity contribution < 1.29 is 439 Å². The molecule has 0 spiro atoms. The Hall–Kier alpha value is -8.17. The summed E-state index contributed by atoms with van der Waals surface area (Å²) in [7, 11) is 0. The summed E-state index contributed by atoms with van der Waals surface area (Å²) in [5, 5.41) is 311. The molecule has 6 radical (unpaired) electrons. The molecule has 68 heteroatoms. The molecule has 0 saturated heterocycles. The van der Waals surface area contributed by atoms with Gasteiger partial charge < -0.3 is 297 Å². The van der Waals surface area contributed by atoms with Gasteiger partial charge in [0.05, 0.1) is 47.8 Å². The van der Waals surface area contributed by atoms with Crippen LogP contribution in [0.2, 0.25) is 0 Å². The first-order chi connectivity index (χ1) is 46.2. The Morgan fingerprint density at radius 3 is 0.198 bits per heavy atom. The molecule has 0 atom stereocenters. The normalized spacial score (nSPS) is 9.72. The number of carbonyl (C=O) groups is 24. The molecule has 0 bridgehead atoms. The van der Waals surface area contributed by atoms with Crippen LogP contribution in [-0.2, 0) is 276 Å². The molecule has 0 heterocycles. The number of aliphatic hydroxyl groups is 8. The van der Waals surface area contributed by atoms with E-state index in [1.54, 1.807) is 0 Å². The Morgan fingerprint density at radius 1 is 0.147 bits per heavy atom. The Labute approximate surface area is 743 Å². The monoisotopic (exact) mass is 2090 g/mol. The van der Waals surface area contributed by atoms with Crippen LogP contribution in [0.1, 0.15) is 103 Å². The fraction of sp³-hybridized carbons (Fsp3) is 0.500. The first-order valence-electron chi connectivity index (χ1n) is 24.9. The average molecular weight is 2100 g/mol. The van der Waals surface area contributed by atoms with Crippen LogP contribution in [-0.4, -0.2) is 229 Å². The molecule has 59 nitrogen and oxygen atoms in total. The standard InChI is InChI=1S/8C6H8O7.3Fe.3Mn.3H3N.3Zn/c8*7-3(8)1-6(13,5(11)12)2-4(9)10;;;;;;;;;;;;/h8*13H,1-2H2,(H,7,8)(H,9,10)(H,11,12);;;;;;;3*1H3;;;/q;;;;;;;;3*+3;3*+2;;;;3*+2/p-21. The number of hydrogen-bond donors (Lipinski definition) is 11. The van der Waals surface area contributed by atoms with Crippen LogP contribution in [0.3, 0.4) is 0 Å². The third kappa shape index (κ3) is 81.0. The number of aliphatic carboxylic acids is 24. The van der Waals surface area contributed by atoms with Gasteiger partial charge in [-0.05, 0) is 0 Å². The summed E-state index contributed by atoms with van der Waals surface area (Å²) in [6.45, 7) is 0. The molecular weight excluding hydrogens is 2040 g/mol. The zero-order chi connectivity index (χ0) is 85.2. The van der Waals surface area contributed by atoms with Crippen molar-refractivity contribution in [3.05, 3.63) is 0 Å². The van der Waals surface area contributed by atoms with E-state index in [4.69, 9.17) is 40.9 Å². The van der Waals surface area contributed by atoms with Crippen molar-refractivity contribution in [3.63, 3.8) is 0 Å². The van der Waals surface area contributed by atoms with Crippen molar-refractivity contribution in [1.29, 1.82) is 0 Å². The third-order valence-corrected chi connectivity index (χ3v) is 10.0. The van der Waals surface area contributed by atoms with Crippen molar-refractivity contribution in [2.75, 3.05) is 0 Å². The number of carboxylic acids is 24. The zero-order valence-electron chi connectivity index (χ0n) is 57.8. The van der Waals surface area contributed by atoms with Crippen LogP contribution < -0.4 is 141 Å². The quantitative estimate of drug-likeness (QED) is 0.0254. The molecule has 0 rings (SSSR count). The van der Waals surface area contributed by atoms with Gasteiger partial charge in [0.25, 0.3) is 0 Å². The summed E-state index contributed by atoms with van der Waals surface area (Å²) in [6, 6.07) is 0. The van der Waals surface area contributed by atoms with Crippen LogP contribution in [0, 0.1) is 0 Å². The third-order valence-electron chi connectivity index (χ3n) is 10.0. The van der Waals surface area contributed by atoms with Crippen molar-refractivity contribution in [2.45, 2.75) is 148 Å². The number of carbonyl (C=O) groups excluding carboxylic acids is 24. The predicted molar refractivity (Wildman–Crippen MR) is 252 cm³/mol. The molecule has 0 saturated carbocycles. The van der Waals surface area contributed by atoms with E-state index in [0.717, 1.165) is 0 Å². The molecule has 0 amide bonds. The van der Waals surface area contributed by atoms with E-state index in [9.17, 15) is 238 Å². The maximum Gasteiger partial charge on any atom is 3.00 e. The summed E-state index contributed by atoms with van der Waals surface area (Å²) < 4.78 is 0. The number of carboxylic acid groups (broad SMARTS) is 24. The molecule has 0 aromatic heterocycles. The van der Waals surface area contributed by atoms with E-state index in [-0.39, 0.29) is 179 Å². The van der Waals surface area contributed by atoms with Gasteiger partial charge in [-0.3, -0.25) is 0 Å². The SMILES string of the molecule is O=C([O-])CC(O)(CC(=O)[O-])C(=O)[O-].O=C([O-])CC(O)(CC(=O)[O-])C(=O)[O-].O=C([O-])CC(O)(CC(=O)[O-])C(=O)[O-].O=C([O-])CC(O)(CC(=O)[O-])C(=O)[O-].O=C([O-])CC(O)(CC(=O)[O-])C(=O)[O-].O=C([O-])CC(O)(CC(=O)[O-])C(=O)[O-].O=C([O-])CC(O)(CC(=O)[O-])C(=O)[O-].O=C([O-])CC(O)(CC(=O)[O-])C(=O)[O-].[Fe+3].[Fe+3].[Fe+3].[Mn+2].[Mn+2].[Mn+2].[NH4+].[NH4+].[NH4+].[Zn+2].[Zn+2].[Zn+2]. The van der Waals surface area contributed by atoms with E-state index in [2.05, 4.69) is 0 Å². The summed E-state index contributed by atoms with van der Waals surface area (Å²) in [5.41, 5.74) is -23.8. The van der Waals surface area contributed by atoms with E-state index in [1.165, 1.54) is 0 Å². The molecule has 646 valence electrons. The summed E-state index contributed by atoms with van der Waals surface area (Å²) >= 11 is 0. The van der Waals surface area contributed by atoms with Crippen LogP contribution in [0.4, 0.5) is 0 Å². The van der Waals surface area contributed by atoms with Crippen LogP contribution in [0.25, 0.3) is 0 Å². The summed E-state index contributed by atoms with van der Waals surface area (Å²) in [5.74, 6) is -47.9. The number of hydrogen-bond acceptors (Lipinski definition) is 56.